The number of anilines is 2. The third kappa shape index (κ3) is 5.03. The first-order valence-corrected chi connectivity index (χ1v) is 12.4. The highest BCUT2D eigenvalue weighted by Crippen LogP contribution is 2.33. The largest absolute Gasteiger partial charge is 0.383 e. The lowest BCUT2D eigenvalue weighted by Gasteiger charge is -2.26. The van der Waals surface area contributed by atoms with E-state index in [9.17, 15) is 4.79 Å². The van der Waals surface area contributed by atoms with Crippen LogP contribution in [-0.4, -0.2) is 45.3 Å². The van der Waals surface area contributed by atoms with Gasteiger partial charge in [-0.2, -0.15) is 5.10 Å². The number of carbonyl (C=O) groups excluding carboxylic acids is 1. The van der Waals surface area contributed by atoms with E-state index in [1.54, 1.807) is 0 Å². The molecule has 0 spiro atoms. The van der Waals surface area contributed by atoms with Gasteiger partial charge in [0, 0.05) is 36.4 Å². The van der Waals surface area contributed by atoms with Crippen molar-refractivity contribution in [2.24, 2.45) is 0 Å². The van der Waals surface area contributed by atoms with Crippen LogP contribution in [0.3, 0.4) is 0 Å². The third-order valence-electron chi connectivity index (χ3n) is 6.42. The summed E-state index contributed by atoms with van der Waals surface area (Å²) in [6.07, 6.45) is 2.50. The zero-order valence-electron chi connectivity index (χ0n) is 21.7. The van der Waals surface area contributed by atoms with Gasteiger partial charge >= 0.3 is 0 Å². The van der Waals surface area contributed by atoms with Gasteiger partial charge in [-0.25, -0.2) is 14.6 Å². The van der Waals surface area contributed by atoms with E-state index in [0.717, 1.165) is 42.0 Å². The minimum Gasteiger partial charge on any atom is -0.383 e. The van der Waals surface area contributed by atoms with Gasteiger partial charge in [0.15, 0.2) is 5.65 Å². The first kappa shape index (κ1) is 25.2. The van der Waals surface area contributed by atoms with E-state index >= 15 is 0 Å². The number of carbonyl (C=O) groups is 1. The molecular weight excluding hydrogens is 450 g/mol. The number of fused-ring (bicyclic) bond motifs is 1. The van der Waals surface area contributed by atoms with Crippen LogP contribution in [0.5, 0.6) is 0 Å². The third-order valence-corrected chi connectivity index (χ3v) is 6.42. The molecule has 188 valence electrons. The average Bonchev–Trinajstić information content (AvgIpc) is 3.28. The molecule has 0 bridgehead atoms. The first-order chi connectivity index (χ1) is 17.2. The van der Waals surface area contributed by atoms with Gasteiger partial charge in [-0.15, -0.1) is 0 Å². The number of hydrogen-bond donors (Lipinski definition) is 2. The molecule has 0 radical (unpaired) electrons. The number of aryl methyl sites for hydroxylation is 1. The summed E-state index contributed by atoms with van der Waals surface area (Å²) in [7, 11) is 0. The first-order valence-electron chi connectivity index (χ1n) is 12.4. The Morgan fingerprint density at radius 2 is 1.86 bits per heavy atom. The van der Waals surface area contributed by atoms with Crippen LogP contribution in [0.4, 0.5) is 11.5 Å². The molecule has 3 N–H and O–H groups in total. The van der Waals surface area contributed by atoms with E-state index < -0.39 is 5.54 Å². The Bertz CT molecular complexity index is 1360. The summed E-state index contributed by atoms with van der Waals surface area (Å²) in [6, 6.07) is 15.9. The standard InChI is InChI=1S/C28H35N7O/c1-6-15-34(7-2)22-10-8-9-21(16-22)27(36)30-17-28(4,5)35-26-23(25(29)31-18-32-26)24(33-35)20-13-11-19(3)12-14-20/h8-14,16,18H,6-7,15,17H2,1-5H3,(H,30,36)(H2,29,31,32). The maximum absolute atomic E-state index is 13.1. The van der Waals surface area contributed by atoms with Gasteiger partial charge in [0.1, 0.15) is 17.8 Å². The van der Waals surface area contributed by atoms with Crippen LogP contribution in [-0.2, 0) is 5.54 Å². The van der Waals surface area contributed by atoms with Crippen molar-refractivity contribution in [1.29, 1.82) is 0 Å². The number of benzene rings is 2. The monoisotopic (exact) mass is 485 g/mol. The number of rotatable bonds is 9. The van der Waals surface area contributed by atoms with Crippen LogP contribution in [0.15, 0.2) is 54.9 Å². The highest BCUT2D eigenvalue weighted by Gasteiger charge is 2.28. The molecule has 0 aliphatic heterocycles. The summed E-state index contributed by atoms with van der Waals surface area (Å²) in [5.41, 5.74) is 10.9. The molecule has 8 nitrogen and oxygen atoms in total. The predicted octanol–water partition coefficient (Wildman–Crippen LogP) is 4.79. The Balaban J connectivity index is 1.61. The number of nitrogens with zero attached hydrogens (tertiary/aromatic N) is 5. The van der Waals surface area contributed by atoms with Gasteiger partial charge in [-0.1, -0.05) is 42.8 Å². The molecule has 4 rings (SSSR count). The maximum Gasteiger partial charge on any atom is 0.251 e. The van der Waals surface area contributed by atoms with Crippen molar-refractivity contribution in [3.63, 3.8) is 0 Å². The van der Waals surface area contributed by atoms with Crippen LogP contribution < -0.4 is 16.0 Å². The number of aromatic nitrogens is 4. The van der Waals surface area contributed by atoms with E-state index in [1.165, 1.54) is 6.33 Å². The zero-order chi connectivity index (χ0) is 25.9. The van der Waals surface area contributed by atoms with Crippen molar-refractivity contribution in [2.45, 2.75) is 46.6 Å². The Hall–Kier alpha value is -3.94. The molecule has 2 aromatic heterocycles. The van der Waals surface area contributed by atoms with Gasteiger partial charge < -0.3 is 16.0 Å². The molecule has 0 aliphatic rings. The zero-order valence-corrected chi connectivity index (χ0v) is 21.7. The summed E-state index contributed by atoms with van der Waals surface area (Å²) in [6.45, 7) is 12.6. The molecule has 0 fully saturated rings. The highest BCUT2D eigenvalue weighted by atomic mass is 16.1. The Labute approximate surface area is 212 Å². The number of nitrogens with two attached hydrogens (primary N) is 1. The van der Waals surface area contributed by atoms with Gasteiger partial charge in [-0.05, 0) is 52.3 Å². The second kappa shape index (κ2) is 10.4. The van der Waals surface area contributed by atoms with Crippen molar-refractivity contribution in [3.8, 4) is 11.3 Å². The lowest BCUT2D eigenvalue weighted by Crippen LogP contribution is -2.41. The number of hydrogen-bond acceptors (Lipinski definition) is 6. The van der Waals surface area contributed by atoms with E-state index in [4.69, 9.17) is 10.8 Å². The molecule has 0 saturated carbocycles. The van der Waals surface area contributed by atoms with Gasteiger partial charge in [-0.3, -0.25) is 4.79 Å². The lowest BCUT2D eigenvalue weighted by atomic mass is 10.1. The van der Waals surface area contributed by atoms with E-state index in [1.807, 2.05) is 74.0 Å². The van der Waals surface area contributed by atoms with E-state index in [0.29, 0.717) is 29.0 Å². The molecule has 2 aromatic carbocycles. The highest BCUT2D eigenvalue weighted by molar-refractivity contribution is 5.98. The molecule has 0 aliphatic carbocycles. The SMILES string of the molecule is CCCN(CC)c1cccc(C(=O)NCC(C)(C)n2nc(-c3ccc(C)cc3)c3c(N)ncnc32)c1. The Kier molecular flexibility index (Phi) is 7.24. The fourth-order valence-corrected chi connectivity index (χ4v) is 4.37. The maximum atomic E-state index is 13.1. The van der Waals surface area contributed by atoms with Crippen molar-refractivity contribution in [1.82, 2.24) is 25.1 Å². The number of nitrogen functional groups attached to an aromatic ring is 1. The van der Waals surface area contributed by atoms with Crippen LogP contribution in [0, 0.1) is 6.92 Å². The Morgan fingerprint density at radius 3 is 2.56 bits per heavy atom. The van der Waals surface area contributed by atoms with Crippen molar-refractivity contribution < 1.29 is 4.79 Å². The molecule has 0 saturated heterocycles. The van der Waals surface area contributed by atoms with Crippen LogP contribution >= 0.6 is 0 Å². The second-order valence-corrected chi connectivity index (χ2v) is 9.71. The topological polar surface area (TPSA) is 102 Å². The molecule has 0 atom stereocenters. The summed E-state index contributed by atoms with van der Waals surface area (Å²) < 4.78 is 1.84. The summed E-state index contributed by atoms with van der Waals surface area (Å²) >= 11 is 0. The minimum absolute atomic E-state index is 0.123. The minimum atomic E-state index is -0.576. The molecule has 4 aromatic rings. The normalized spacial score (nSPS) is 11.6. The van der Waals surface area contributed by atoms with E-state index in [-0.39, 0.29) is 5.91 Å². The van der Waals surface area contributed by atoms with Crippen molar-refractivity contribution in [2.75, 3.05) is 30.3 Å². The fourth-order valence-electron chi connectivity index (χ4n) is 4.37. The van der Waals surface area contributed by atoms with E-state index in [2.05, 4.69) is 34.0 Å². The summed E-state index contributed by atoms with van der Waals surface area (Å²) in [5.74, 6) is 0.257. The summed E-state index contributed by atoms with van der Waals surface area (Å²) in [4.78, 5) is 24.1. The smallest absolute Gasteiger partial charge is 0.251 e. The fraction of sp³-hybridized carbons (Fsp3) is 0.357. The van der Waals surface area contributed by atoms with Crippen molar-refractivity contribution >= 4 is 28.4 Å². The molecule has 36 heavy (non-hydrogen) atoms. The quantitative estimate of drug-likeness (QED) is 0.354. The summed E-state index contributed by atoms with van der Waals surface area (Å²) in [5, 5.41) is 8.73. The molecule has 0 unspecified atom stereocenters. The number of nitrogens with one attached hydrogen (secondary N) is 1. The second-order valence-electron chi connectivity index (χ2n) is 9.71. The van der Waals surface area contributed by atoms with Crippen LogP contribution in [0.2, 0.25) is 0 Å². The van der Waals surface area contributed by atoms with Gasteiger partial charge in [0.05, 0.1) is 10.9 Å². The van der Waals surface area contributed by atoms with Crippen LogP contribution in [0.25, 0.3) is 22.3 Å². The average molecular weight is 486 g/mol. The van der Waals surface area contributed by atoms with Gasteiger partial charge in [0.25, 0.3) is 5.91 Å². The molecule has 2 heterocycles. The van der Waals surface area contributed by atoms with Crippen molar-refractivity contribution in [3.05, 3.63) is 66.0 Å². The molecule has 1 amide bonds. The molecule has 8 heteroatoms. The predicted molar refractivity (Wildman–Crippen MR) is 146 cm³/mol. The Morgan fingerprint density at radius 1 is 1.11 bits per heavy atom. The lowest BCUT2D eigenvalue weighted by molar-refractivity contribution is 0.0936. The van der Waals surface area contributed by atoms with Gasteiger partial charge in [0.2, 0.25) is 0 Å². The van der Waals surface area contributed by atoms with Crippen LogP contribution in [0.1, 0.15) is 50.0 Å². The number of amides is 1. The molecular formula is C28H35N7O.